The fourth-order valence-electron chi connectivity index (χ4n) is 3.44. The van der Waals surface area contributed by atoms with E-state index in [1.807, 2.05) is 18.2 Å². The Bertz CT molecular complexity index is 678. The summed E-state index contributed by atoms with van der Waals surface area (Å²) in [4.78, 5) is 46.0. The molecule has 8 nitrogen and oxygen atoms in total. The first kappa shape index (κ1) is 17.2. The third-order valence-corrected chi connectivity index (χ3v) is 4.85. The van der Waals surface area contributed by atoms with Crippen molar-refractivity contribution in [2.75, 3.05) is 40.3 Å². The van der Waals surface area contributed by atoms with Gasteiger partial charge < -0.3 is 20.0 Å². The minimum atomic E-state index is -0.533. The molecule has 2 fully saturated rings. The molecule has 1 atom stereocenters. The van der Waals surface area contributed by atoms with Crippen LogP contribution in [0.1, 0.15) is 12.1 Å². The summed E-state index contributed by atoms with van der Waals surface area (Å²) in [5.74, 6) is -0.177. The highest BCUT2D eigenvalue weighted by molar-refractivity contribution is 5.86. The maximum Gasteiger partial charge on any atom is 0.320 e. The number of hydrogen-bond donors (Lipinski definition) is 1. The van der Waals surface area contributed by atoms with Crippen LogP contribution in [-0.2, 0) is 16.0 Å². The molecular weight excluding hydrogens is 322 g/mol. The average Bonchev–Trinajstić information content (AvgIpc) is 3.02. The van der Waals surface area contributed by atoms with Crippen LogP contribution in [0, 0.1) is 0 Å². The second kappa shape index (κ2) is 6.70. The molecule has 2 saturated heterocycles. The van der Waals surface area contributed by atoms with E-state index in [0.29, 0.717) is 26.1 Å². The van der Waals surface area contributed by atoms with Crippen molar-refractivity contribution in [2.45, 2.75) is 18.4 Å². The van der Waals surface area contributed by atoms with Gasteiger partial charge in [-0.3, -0.25) is 14.6 Å². The molecule has 0 unspecified atom stereocenters. The molecule has 0 aliphatic carbocycles. The van der Waals surface area contributed by atoms with E-state index < -0.39 is 5.54 Å². The van der Waals surface area contributed by atoms with Gasteiger partial charge in [-0.05, 0) is 18.6 Å². The maximum absolute atomic E-state index is 12.6. The molecule has 0 aromatic carbocycles. The topological polar surface area (TPSA) is 85.9 Å². The summed E-state index contributed by atoms with van der Waals surface area (Å²) in [7, 11) is 3.34. The molecule has 1 aromatic heterocycles. The number of hydrogen-bond acceptors (Lipinski definition) is 4. The number of amides is 4. The van der Waals surface area contributed by atoms with Crippen LogP contribution in [0.15, 0.2) is 24.4 Å². The molecule has 8 heteroatoms. The quantitative estimate of drug-likeness (QED) is 0.798. The molecule has 0 radical (unpaired) electrons. The number of piperazine rings is 1. The first-order valence-electron chi connectivity index (χ1n) is 8.35. The van der Waals surface area contributed by atoms with Gasteiger partial charge in [0.2, 0.25) is 11.8 Å². The largest absolute Gasteiger partial charge is 0.352 e. The van der Waals surface area contributed by atoms with Gasteiger partial charge in [0.25, 0.3) is 0 Å². The molecular formula is C17H23N5O3. The number of carbonyl (C=O) groups excluding carboxylic acids is 3. The van der Waals surface area contributed by atoms with E-state index in [4.69, 9.17) is 0 Å². The molecule has 134 valence electrons. The van der Waals surface area contributed by atoms with E-state index in [9.17, 15) is 14.4 Å². The van der Waals surface area contributed by atoms with Crippen molar-refractivity contribution < 1.29 is 14.4 Å². The lowest BCUT2D eigenvalue weighted by molar-refractivity contribution is -0.130. The van der Waals surface area contributed by atoms with Crippen molar-refractivity contribution in [3.05, 3.63) is 30.1 Å². The predicted octanol–water partition coefficient (Wildman–Crippen LogP) is -0.291. The van der Waals surface area contributed by atoms with Crippen molar-refractivity contribution in [1.29, 1.82) is 0 Å². The number of carbonyl (C=O) groups is 3. The fraction of sp³-hybridized carbons (Fsp3) is 0.529. The average molecular weight is 345 g/mol. The van der Waals surface area contributed by atoms with Gasteiger partial charge in [0.1, 0.15) is 6.54 Å². The summed E-state index contributed by atoms with van der Waals surface area (Å²) in [5, 5.41) is 2.85. The van der Waals surface area contributed by atoms with Crippen LogP contribution in [0.4, 0.5) is 4.79 Å². The fourth-order valence-corrected chi connectivity index (χ4v) is 3.44. The van der Waals surface area contributed by atoms with Crippen LogP contribution in [0.5, 0.6) is 0 Å². The summed E-state index contributed by atoms with van der Waals surface area (Å²) in [6.45, 7) is 1.40. The van der Waals surface area contributed by atoms with E-state index >= 15 is 0 Å². The monoisotopic (exact) mass is 345 g/mol. The van der Waals surface area contributed by atoms with Gasteiger partial charge in [-0.15, -0.1) is 0 Å². The number of likely N-dealkylation sites (tertiary alicyclic amines) is 1. The number of nitrogens with zero attached hydrogens (tertiary/aromatic N) is 4. The van der Waals surface area contributed by atoms with Crippen LogP contribution in [0.25, 0.3) is 0 Å². The second-order valence-electron chi connectivity index (χ2n) is 6.83. The van der Waals surface area contributed by atoms with E-state index in [2.05, 4.69) is 10.3 Å². The maximum atomic E-state index is 12.6. The lowest BCUT2D eigenvalue weighted by atomic mass is 9.93. The Labute approximate surface area is 146 Å². The lowest BCUT2D eigenvalue weighted by Gasteiger charge is -2.45. The summed E-state index contributed by atoms with van der Waals surface area (Å²) in [6, 6.07) is 5.30. The second-order valence-corrected chi connectivity index (χ2v) is 6.83. The lowest BCUT2D eigenvalue weighted by Crippen LogP contribution is -2.67. The molecule has 1 N–H and O–H groups in total. The number of nitrogens with one attached hydrogen (secondary N) is 1. The number of urea groups is 1. The number of aromatic nitrogens is 1. The highest BCUT2D eigenvalue weighted by Gasteiger charge is 2.49. The van der Waals surface area contributed by atoms with Crippen LogP contribution < -0.4 is 5.32 Å². The van der Waals surface area contributed by atoms with E-state index in [0.717, 1.165) is 5.69 Å². The Morgan fingerprint density at radius 2 is 2.16 bits per heavy atom. The SMILES string of the molecule is CN(C)C(=O)N1CC(=O)NC[C@]12CCN(C(=O)Cc1ccccn1)C2. The van der Waals surface area contributed by atoms with Gasteiger partial charge in [-0.2, -0.15) is 0 Å². The molecule has 0 bridgehead atoms. The highest BCUT2D eigenvalue weighted by Crippen LogP contribution is 2.30. The highest BCUT2D eigenvalue weighted by atomic mass is 16.2. The zero-order valence-electron chi connectivity index (χ0n) is 14.6. The van der Waals surface area contributed by atoms with Crippen LogP contribution >= 0.6 is 0 Å². The molecule has 1 spiro atoms. The molecule has 3 rings (SSSR count). The normalized spacial score (nSPS) is 22.9. The Morgan fingerprint density at radius 3 is 2.84 bits per heavy atom. The summed E-state index contributed by atoms with van der Waals surface area (Å²) in [5.41, 5.74) is 0.196. The van der Waals surface area contributed by atoms with Gasteiger partial charge >= 0.3 is 6.03 Å². The van der Waals surface area contributed by atoms with Gasteiger partial charge in [0.05, 0.1) is 12.0 Å². The number of rotatable bonds is 2. The summed E-state index contributed by atoms with van der Waals surface area (Å²) < 4.78 is 0. The van der Waals surface area contributed by atoms with Crippen molar-refractivity contribution >= 4 is 17.8 Å². The van der Waals surface area contributed by atoms with E-state index in [-0.39, 0.29) is 30.8 Å². The minimum Gasteiger partial charge on any atom is -0.352 e. The molecule has 2 aliphatic heterocycles. The Hall–Kier alpha value is -2.64. The smallest absolute Gasteiger partial charge is 0.320 e. The van der Waals surface area contributed by atoms with Crippen molar-refractivity contribution in [3.8, 4) is 0 Å². The Kier molecular flexibility index (Phi) is 4.61. The molecule has 0 saturated carbocycles. The zero-order valence-corrected chi connectivity index (χ0v) is 14.6. The van der Waals surface area contributed by atoms with Gasteiger partial charge in [-0.1, -0.05) is 6.07 Å². The first-order valence-corrected chi connectivity index (χ1v) is 8.35. The Morgan fingerprint density at radius 1 is 1.36 bits per heavy atom. The van der Waals surface area contributed by atoms with Gasteiger partial charge in [0, 0.05) is 45.6 Å². The number of pyridine rings is 1. The predicted molar refractivity (Wildman–Crippen MR) is 90.7 cm³/mol. The third-order valence-electron chi connectivity index (χ3n) is 4.85. The van der Waals surface area contributed by atoms with Crippen molar-refractivity contribution in [1.82, 2.24) is 25.0 Å². The third kappa shape index (κ3) is 3.42. The minimum absolute atomic E-state index is 0.00951. The molecule has 3 heterocycles. The molecule has 1 aromatic rings. The summed E-state index contributed by atoms with van der Waals surface area (Å²) >= 11 is 0. The van der Waals surface area contributed by atoms with E-state index in [1.54, 1.807) is 30.1 Å². The van der Waals surface area contributed by atoms with Crippen molar-refractivity contribution in [2.24, 2.45) is 0 Å². The summed E-state index contributed by atoms with van der Waals surface area (Å²) in [6.07, 6.45) is 2.56. The molecule has 2 aliphatic rings. The van der Waals surface area contributed by atoms with Crippen LogP contribution in [-0.4, -0.2) is 83.3 Å². The van der Waals surface area contributed by atoms with Crippen molar-refractivity contribution in [3.63, 3.8) is 0 Å². The molecule has 25 heavy (non-hydrogen) atoms. The van der Waals surface area contributed by atoms with E-state index in [1.165, 1.54) is 4.90 Å². The Balaban J connectivity index is 1.73. The van der Waals surface area contributed by atoms with Crippen LogP contribution in [0.3, 0.4) is 0 Å². The van der Waals surface area contributed by atoms with Gasteiger partial charge in [0.15, 0.2) is 0 Å². The standard InChI is InChI=1S/C17H23N5O3/c1-20(2)16(25)22-10-14(23)19-11-17(22)6-8-21(12-17)15(24)9-13-5-3-4-7-18-13/h3-5,7H,6,8-12H2,1-2H3,(H,19,23)/t17-/m0/s1. The van der Waals surface area contributed by atoms with Crippen LogP contribution in [0.2, 0.25) is 0 Å². The zero-order chi connectivity index (χ0) is 18.0. The molecule has 4 amide bonds. The van der Waals surface area contributed by atoms with Gasteiger partial charge in [-0.25, -0.2) is 4.79 Å². The first-order chi connectivity index (χ1) is 11.9.